The van der Waals surface area contributed by atoms with Gasteiger partial charge in [-0.15, -0.1) is 0 Å². The Balaban J connectivity index is 1.27. The van der Waals surface area contributed by atoms with E-state index >= 15 is 0 Å². The Kier molecular flexibility index (Phi) is 5.90. The van der Waals surface area contributed by atoms with Gasteiger partial charge in [0.1, 0.15) is 23.8 Å². The summed E-state index contributed by atoms with van der Waals surface area (Å²) >= 11 is 0. The molecule has 11 heteroatoms. The van der Waals surface area contributed by atoms with Gasteiger partial charge in [-0.25, -0.2) is 27.5 Å². The van der Waals surface area contributed by atoms with E-state index in [9.17, 15) is 17.9 Å². The molecule has 1 fully saturated rings. The lowest BCUT2D eigenvalue weighted by molar-refractivity contribution is 0.0738. The number of aliphatic hydroxyl groups is 1. The Morgan fingerprint density at radius 2 is 1.97 bits per heavy atom. The third-order valence-electron chi connectivity index (χ3n) is 5.60. The van der Waals surface area contributed by atoms with E-state index in [0.29, 0.717) is 17.1 Å². The van der Waals surface area contributed by atoms with Gasteiger partial charge in [0.25, 0.3) is 0 Å². The number of benzene rings is 2. The van der Waals surface area contributed by atoms with Crippen molar-refractivity contribution in [3.8, 4) is 5.75 Å². The first-order valence-electron chi connectivity index (χ1n) is 10.6. The number of imidazole rings is 1. The van der Waals surface area contributed by atoms with Crippen LogP contribution in [-0.4, -0.2) is 53.2 Å². The molecule has 2 aromatic carbocycles. The van der Waals surface area contributed by atoms with Crippen LogP contribution >= 0.6 is 0 Å². The minimum atomic E-state index is -3.96. The first-order chi connectivity index (χ1) is 16.4. The van der Waals surface area contributed by atoms with Gasteiger partial charge in [0.2, 0.25) is 15.8 Å². The fourth-order valence-electron chi connectivity index (χ4n) is 3.87. The summed E-state index contributed by atoms with van der Waals surface area (Å²) in [7, 11) is -3.96. The number of ether oxygens (including phenoxy) is 1. The Morgan fingerprint density at radius 3 is 2.76 bits per heavy atom. The Hall–Kier alpha value is -3.54. The minimum absolute atomic E-state index is 0.0103. The number of hydrogen-bond acceptors (Lipinski definition) is 7. The summed E-state index contributed by atoms with van der Waals surface area (Å²) in [6.45, 7) is 0.424. The molecule has 3 heterocycles. The van der Waals surface area contributed by atoms with Gasteiger partial charge in [0, 0.05) is 43.4 Å². The normalized spacial score (nSPS) is 18.5. The van der Waals surface area contributed by atoms with E-state index in [4.69, 9.17) is 4.74 Å². The predicted molar refractivity (Wildman–Crippen MR) is 122 cm³/mol. The quantitative estimate of drug-likeness (QED) is 0.414. The monoisotopic (exact) mass is 483 g/mol. The molecule has 34 heavy (non-hydrogen) atoms. The first-order valence-corrected chi connectivity index (χ1v) is 12.1. The van der Waals surface area contributed by atoms with Crippen LogP contribution in [0.15, 0.2) is 78.2 Å². The van der Waals surface area contributed by atoms with Crippen LogP contribution in [0.5, 0.6) is 5.75 Å². The molecular formula is C23H22FN5O4S. The standard InChI is InChI=1S/C23H22FN5O4S/c24-19-10-18(34(31,32)27-12-16-11-26-23-25-8-9-28(23)13-16)6-7-20(19)29-14-21(30)22(15-29)33-17-4-2-1-3-5-17/h1-11,13,21-22,27,30H,12,14-15H2/t21-,22-/m1/s1. The molecular weight excluding hydrogens is 461 g/mol. The summed E-state index contributed by atoms with van der Waals surface area (Å²) in [4.78, 5) is 9.63. The smallest absolute Gasteiger partial charge is 0.240 e. The van der Waals surface area contributed by atoms with Crippen LogP contribution in [-0.2, 0) is 16.6 Å². The zero-order chi connectivity index (χ0) is 23.7. The van der Waals surface area contributed by atoms with Crippen LogP contribution in [0.25, 0.3) is 5.78 Å². The Labute approximate surface area is 195 Å². The van der Waals surface area contributed by atoms with Crippen LogP contribution in [0.1, 0.15) is 5.56 Å². The molecule has 9 nitrogen and oxygen atoms in total. The van der Waals surface area contributed by atoms with E-state index in [1.54, 1.807) is 40.0 Å². The van der Waals surface area contributed by atoms with E-state index in [0.717, 1.165) is 6.07 Å². The van der Waals surface area contributed by atoms with Gasteiger partial charge in [-0.1, -0.05) is 18.2 Å². The van der Waals surface area contributed by atoms with Crippen molar-refractivity contribution in [3.63, 3.8) is 0 Å². The van der Waals surface area contributed by atoms with E-state index in [1.165, 1.54) is 18.3 Å². The molecule has 2 atom stereocenters. The fraction of sp³-hybridized carbons (Fsp3) is 0.217. The summed E-state index contributed by atoms with van der Waals surface area (Å²) < 4.78 is 50.3. The van der Waals surface area contributed by atoms with Gasteiger partial charge in [0.15, 0.2) is 0 Å². The molecule has 2 N–H and O–H groups in total. The highest BCUT2D eigenvalue weighted by molar-refractivity contribution is 7.89. The molecule has 0 radical (unpaired) electrons. The summed E-state index contributed by atoms with van der Waals surface area (Å²) in [6, 6.07) is 12.8. The molecule has 0 unspecified atom stereocenters. The maximum atomic E-state index is 14.9. The van der Waals surface area contributed by atoms with E-state index < -0.39 is 28.0 Å². The lowest BCUT2D eigenvalue weighted by atomic mass is 10.2. The second-order valence-corrected chi connectivity index (χ2v) is 9.74. The van der Waals surface area contributed by atoms with Crippen LogP contribution < -0.4 is 14.4 Å². The number of fused-ring (bicyclic) bond motifs is 1. The Morgan fingerprint density at radius 1 is 1.15 bits per heavy atom. The van der Waals surface area contributed by atoms with Crippen molar-refractivity contribution >= 4 is 21.5 Å². The number of nitrogens with zero attached hydrogens (tertiary/aromatic N) is 4. The number of sulfonamides is 1. The van der Waals surface area contributed by atoms with Gasteiger partial charge >= 0.3 is 0 Å². The number of anilines is 1. The SMILES string of the molecule is O=S(=O)(NCc1cnc2nccn2c1)c1ccc(N2C[C@@H](O)[C@H](Oc3ccccc3)C2)c(F)c1. The van der Waals surface area contributed by atoms with Crippen molar-refractivity contribution in [2.75, 3.05) is 18.0 Å². The maximum Gasteiger partial charge on any atom is 0.240 e. The molecule has 0 spiro atoms. The van der Waals surface area contributed by atoms with E-state index in [1.807, 2.05) is 18.2 Å². The topological polar surface area (TPSA) is 109 Å². The predicted octanol–water partition coefficient (Wildman–Crippen LogP) is 1.98. The van der Waals surface area contributed by atoms with Crippen LogP contribution in [0, 0.1) is 5.82 Å². The summed E-state index contributed by atoms with van der Waals surface area (Å²) in [5.41, 5.74) is 0.827. The second-order valence-electron chi connectivity index (χ2n) is 7.98. The second kappa shape index (κ2) is 9.01. The number of aliphatic hydroxyl groups excluding tert-OH is 1. The van der Waals surface area contributed by atoms with Crippen LogP contribution in [0.3, 0.4) is 0 Å². The summed E-state index contributed by atoms with van der Waals surface area (Å²) in [5.74, 6) is 0.424. The average Bonchev–Trinajstić information content (AvgIpc) is 3.44. The summed E-state index contributed by atoms with van der Waals surface area (Å²) in [6.07, 6.45) is 5.20. The average molecular weight is 484 g/mol. The molecule has 176 valence electrons. The lowest BCUT2D eigenvalue weighted by Crippen LogP contribution is -2.30. The number of β-amino-alcohol motifs (C(OH)–C–C–N with tert-alkyl or cyclic N) is 1. The van der Waals surface area contributed by atoms with E-state index in [2.05, 4.69) is 14.7 Å². The molecule has 1 aliphatic heterocycles. The zero-order valence-corrected chi connectivity index (χ0v) is 18.8. The van der Waals surface area contributed by atoms with Crippen molar-refractivity contribution in [1.29, 1.82) is 0 Å². The number of hydrogen-bond donors (Lipinski definition) is 2. The molecule has 5 rings (SSSR count). The van der Waals surface area contributed by atoms with Gasteiger partial charge < -0.3 is 14.7 Å². The molecule has 0 bridgehead atoms. The van der Waals surface area contributed by atoms with Crippen molar-refractivity contribution in [2.24, 2.45) is 0 Å². The molecule has 1 aliphatic rings. The van der Waals surface area contributed by atoms with Crippen LogP contribution in [0.2, 0.25) is 0 Å². The van der Waals surface area contributed by atoms with Crippen molar-refractivity contribution in [1.82, 2.24) is 19.1 Å². The van der Waals surface area contributed by atoms with Gasteiger partial charge in [-0.3, -0.25) is 4.40 Å². The molecule has 0 amide bonds. The molecule has 0 saturated carbocycles. The first kappa shape index (κ1) is 22.3. The lowest BCUT2D eigenvalue weighted by Gasteiger charge is -2.20. The zero-order valence-electron chi connectivity index (χ0n) is 18.0. The molecule has 2 aromatic heterocycles. The highest BCUT2D eigenvalue weighted by Crippen LogP contribution is 2.28. The summed E-state index contributed by atoms with van der Waals surface area (Å²) in [5, 5.41) is 10.4. The Bertz CT molecular complexity index is 1410. The van der Waals surface area contributed by atoms with Crippen molar-refractivity contribution in [2.45, 2.75) is 23.6 Å². The largest absolute Gasteiger partial charge is 0.486 e. The van der Waals surface area contributed by atoms with Gasteiger partial charge in [0.05, 0.1) is 17.1 Å². The third-order valence-corrected chi connectivity index (χ3v) is 7.00. The molecule has 4 aromatic rings. The molecule has 0 aliphatic carbocycles. The van der Waals surface area contributed by atoms with Gasteiger partial charge in [-0.2, -0.15) is 0 Å². The fourth-order valence-corrected chi connectivity index (χ4v) is 4.90. The van der Waals surface area contributed by atoms with Gasteiger partial charge in [-0.05, 0) is 30.3 Å². The minimum Gasteiger partial charge on any atom is -0.486 e. The number of nitrogens with one attached hydrogen (secondary N) is 1. The highest BCUT2D eigenvalue weighted by Gasteiger charge is 2.34. The third kappa shape index (κ3) is 4.58. The number of rotatable bonds is 7. The number of aromatic nitrogens is 3. The molecule has 1 saturated heterocycles. The number of para-hydroxylation sites is 1. The maximum absolute atomic E-state index is 14.9. The van der Waals surface area contributed by atoms with Crippen molar-refractivity contribution < 1.29 is 22.7 Å². The van der Waals surface area contributed by atoms with Crippen LogP contribution in [0.4, 0.5) is 10.1 Å². The van der Waals surface area contributed by atoms with E-state index in [-0.39, 0.29) is 30.2 Å². The number of halogens is 1. The van der Waals surface area contributed by atoms with Crippen molar-refractivity contribution in [3.05, 3.63) is 84.7 Å². The highest BCUT2D eigenvalue weighted by atomic mass is 32.2.